The van der Waals surface area contributed by atoms with Gasteiger partial charge >= 0.3 is 5.69 Å². The van der Waals surface area contributed by atoms with Gasteiger partial charge in [0, 0.05) is 37.2 Å². The summed E-state index contributed by atoms with van der Waals surface area (Å²) < 4.78 is 25.7. The number of halogens is 1. The third-order valence-corrected chi connectivity index (χ3v) is 7.56. The van der Waals surface area contributed by atoms with E-state index in [0.29, 0.717) is 0 Å². The minimum atomic E-state index is -1.98. The highest BCUT2D eigenvalue weighted by Gasteiger charge is 2.58. The number of nitrogens with zero attached hydrogens (tertiary/aromatic N) is 3. The Kier molecular flexibility index (Phi) is 10.8. The fraction of sp³-hybridized carbons (Fsp3) is 0.667. The van der Waals surface area contributed by atoms with Crippen LogP contribution in [0.5, 0.6) is 0 Å². The van der Waals surface area contributed by atoms with Crippen LogP contribution in [0.2, 0.25) is 0 Å². The number of nitriles is 1. The number of aromatic nitrogens is 2. The van der Waals surface area contributed by atoms with E-state index in [-0.39, 0.29) is 41.6 Å². The number of H-pyrrole nitrogens is 1. The van der Waals surface area contributed by atoms with Crippen LogP contribution >= 0.6 is 24.5 Å². The highest BCUT2D eigenvalue weighted by atomic mass is 79.9. The fourth-order valence-corrected chi connectivity index (χ4v) is 5.52. The van der Waals surface area contributed by atoms with Crippen LogP contribution in [0.3, 0.4) is 0 Å². The smallest absolute Gasteiger partial charge is 0.330 e. The molecule has 0 radical (unpaired) electrons. The van der Waals surface area contributed by atoms with Gasteiger partial charge in [0.2, 0.25) is 0 Å². The molecule has 1 saturated heterocycles. The quantitative estimate of drug-likeness (QED) is 0.247. The molecule has 1 aliphatic heterocycles. The number of aliphatic hydroxyl groups is 2. The molecule has 2 heterocycles. The molecule has 1 fully saturated rings. The molecule has 1 aromatic heterocycles. The van der Waals surface area contributed by atoms with Crippen molar-refractivity contribution < 1.29 is 28.7 Å². The predicted molar refractivity (Wildman–Crippen MR) is 132 cm³/mol. The van der Waals surface area contributed by atoms with E-state index in [9.17, 15) is 25.1 Å². The number of aromatic amines is 1. The third kappa shape index (κ3) is 7.07. The molecule has 0 amide bonds. The second-order valence-electron chi connectivity index (χ2n) is 8.41. The minimum absolute atomic E-state index is 0.0106. The van der Waals surface area contributed by atoms with Crippen molar-refractivity contribution in [2.75, 3.05) is 13.7 Å². The largest absolute Gasteiger partial charge is 0.372 e. The molecule has 196 valence electrons. The molecule has 3 N–H and O–H groups in total. The van der Waals surface area contributed by atoms with Gasteiger partial charge in [-0.3, -0.25) is 14.3 Å². The molecule has 0 spiro atoms. The zero-order valence-corrected chi connectivity index (χ0v) is 22.8. The van der Waals surface area contributed by atoms with Crippen LogP contribution in [0.15, 0.2) is 22.4 Å². The highest BCUT2D eigenvalue weighted by molar-refractivity contribution is 9.15. The molecule has 1 unspecified atom stereocenters. The summed E-state index contributed by atoms with van der Waals surface area (Å²) in [5.74, 6) is 0. The van der Waals surface area contributed by atoms with Gasteiger partial charge in [-0.2, -0.15) is 5.26 Å². The second-order valence-corrected chi connectivity index (χ2v) is 10.7. The van der Waals surface area contributed by atoms with Crippen molar-refractivity contribution in [3.8, 4) is 6.07 Å². The Balaban J connectivity index is 2.61. The number of hydrogen-bond donors (Lipinski definition) is 3. The van der Waals surface area contributed by atoms with Crippen molar-refractivity contribution in [2.24, 2.45) is 0 Å². The molecule has 0 saturated carbocycles. The van der Waals surface area contributed by atoms with Gasteiger partial charge in [-0.05, 0) is 27.7 Å². The summed E-state index contributed by atoms with van der Waals surface area (Å²) in [6.45, 7) is 10.9. The maximum absolute atomic E-state index is 12.6. The van der Waals surface area contributed by atoms with E-state index in [0.717, 1.165) is 4.57 Å². The van der Waals surface area contributed by atoms with E-state index < -0.39 is 44.1 Å². The molecule has 0 aliphatic carbocycles. The second kappa shape index (κ2) is 12.7. The molecule has 0 bridgehead atoms. The van der Waals surface area contributed by atoms with E-state index in [4.69, 9.17) is 18.5 Å². The summed E-state index contributed by atoms with van der Waals surface area (Å²) in [5.41, 5.74) is -3.32. The fourth-order valence-electron chi connectivity index (χ4n) is 3.50. The Morgan fingerprint density at radius 2 is 2.03 bits per heavy atom. The standard InChI is InChI=1S/C21H32BrN4O8P/c1-12(2)33-35(34-13(3)4)26(9-7-8-23)21(30)10-16(32-17(21)19(28)31-6)25-11-15(14(5)22)18(27)24-20(25)29/h11-13,16-17,19,28,30H,5,7,9-10H2,1-4,6H3,(H,24,27,29)/t16-,17-,19?,21-/m1/s1. The molecule has 35 heavy (non-hydrogen) atoms. The first-order chi connectivity index (χ1) is 16.3. The van der Waals surface area contributed by atoms with Crippen molar-refractivity contribution in [3.05, 3.63) is 39.2 Å². The van der Waals surface area contributed by atoms with Crippen LogP contribution in [-0.4, -0.2) is 68.4 Å². The van der Waals surface area contributed by atoms with Crippen molar-refractivity contribution >= 4 is 28.9 Å². The van der Waals surface area contributed by atoms with Crippen LogP contribution in [0, 0.1) is 11.3 Å². The Labute approximate surface area is 213 Å². The maximum atomic E-state index is 12.6. The summed E-state index contributed by atoms with van der Waals surface area (Å²) in [7, 11) is -0.694. The van der Waals surface area contributed by atoms with Gasteiger partial charge in [-0.15, -0.1) is 0 Å². The first-order valence-electron chi connectivity index (χ1n) is 10.9. The first-order valence-corrected chi connectivity index (χ1v) is 12.8. The molecule has 2 rings (SSSR count). The molecule has 1 aromatic rings. The lowest BCUT2D eigenvalue weighted by Crippen LogP contribution is -2.57. The number of hydrogen-bond acceptors (Lipinski definition) is 10. The summed E-state index contributed by atoms with van der Waals surface area (Å²) in [5, 5.41) is 31.8. The van der Waals surface area contributed by atoms with Crippen molar-refractivity contribution in [2.45, 2.75) is 77.1 Å². The molecule has 4 atom stereocenters. The molecule has 1 aliphatic rings. The van der Waals surface area contributed by atoms with Crippen molar-refractivity contribution in [1.29, 1.82) is 5.26 Å². The lowest BCUT2D eigenvalue weighted by atomic mass is 10.0. The number of ether oxygens (including phenoxy) is 2. The van der Waals surface area contributed by atoms with Crippen LogP contribution in [0.1, 0.15) is 52.3 Å². The van der Waals surface area contributed by atoms with Crippen molar-refractivity contribution in [1.82, 2.24) is 14.2 Å². The highest BCUT2D eigenvalue weighted by Crippen LogP contribution is 2.54. The van der Waals surface area contributed by atoms with Gasteiger partial charge in [-0.1, -0.05) is 22.5 Å². The van der Waals surface area contributed by atoms with Gasteiger partial charge in [0.25, 0.3) is 14.1 Å². The van der Waals surface area contributed by atoms with Crippen LogP contribution in [-0.2, 0) is 18.5 Å². The molecular formula is C21H32BrN4O8P. The van der Waals surface area contributed by atoms with Crippen LogP contribution in [0.25, 0.3) is 4.48 Å². The monoisotopic (exact) mass is 578 g/mol. The van der Waals surface area contributed by atoms with Gasteiger partial charge in [0.15, 0.2) is 18.1 Å². The van der Waals surface area contributed by atoms with E-state index in [1.54, 1.807) is 27.7 Å². The lowest BCUT2D eigenvalue weighted by molar-refractivity contribution is -0.226. The summed E-state index contributed by atoms with van der Waals surface area (Å²) in [6, 6.07) is 2.04. The van der Waals surface area contributed by atoms with E-state index in [2.05, 4.69) is 27.5 Å². The minimum Gasteiger partial charge on any atom is -0.372 e. The van der Waals surface area contributed by atoms with Gasteiger partial charge in [0.05, 0.1) is 23.8 Å². The topological polar surface area (TPSA) is 159 Å². The molecule has 12 nitrogen and oxygen atoms in total. The number of nitrogens with one attached hydrogen (secondary N) is 1. The lowest BCUT2D eigenvalue weighted by Gasteiger charge is -2.43. The van der Waals surface area contributed by atoms with E-state index in [1.807, 2.05) is 6.07 Å². The zero-order chi connectivity index (χ0) is 26.5. The average molecular weight is 579 g/mol. The SMILES string of the molecule is C=C(Br)c1cn([C@H]2C[C@](O)(N(CCC#N)P(OC(C)C)OC(C)C)[C@@H](C(O)OC)O2)c(=O)[nH]c1=O. The number of methoxy groups -OCH3 is 1. The molecule has 0 aromatic carbocycles. The van der Waals surface area contributed by atoms with Gasteiger partial charge in [0.1, 0.15) is 6.23 Å². The zero-order valence-electron chi connectivity index (χ0n) is 20.3. The first kappa shape index (κ1) is 29.8. The molecule has 14 heteroatoms. The number of aliphatic hydroxyl groups excluding tert-OH is 1. The van der Waals surface area contributed by atoms with Crippen LogP contribution in [0.4, 0.5) is 0 Å². The van der Waals surface area contributed by atoms with Gasteiger partial charge < -0.3 is 28.7 Å². The Bertz CT molecular complexity index is 1030. The van der Waals surface area contributed by atoms with Crippen LogP contribution < -0.4 is 11.2 Å². The Hall–Kier alpha value is -1.46. The van der Waals surface area contributed by atoms with Crippen molar-refractivity contribution in [3.63, 3.8) is 0 Å². The molecular weight excluding hydrogens is 547 g/mol. The summed E-state index contributed by atoms with van der Waals surface area (Å²) in [6.07, 6.45) is -3.66. The number of rotatable bonds is 12. The Morgan fingerprint density at radius 3 is 2.51 bits per heavy atom. The third-order valence-electron chi connectivity index (χ3n) is 4.99. The van der Waals surface area contributed by atoms with Gasteiger partial charge in [-0.25, -0.2) is 9.46 Å². The van der Waals surface area contributed by atoms with E-state index in [1.165, 1.54) is 18.0 Å². The normalized spacial score (nSPS) is 23.4. The Morgan fingerprint density at radius 1 is 1.43 bits per heavy atom. The summed E-state index contributed by atoms with van der Waals surface area (Å²) in [4.78, 5) is 27.0. The van der Waals surface area contributed by atoms with E-state index >= 15 is 0 Å². The maximum Gasteiger partial charge on any atom is 0.330 e. The summed E-state index contributed by atoms with van der Waals surface area (Å²) >= 11 is 3.14. The average Bonchev–Trinajstić information content (AvgIpc) is 3.10. The predicted octanol–water partition coefficient (Wildman–Crippen LogP) is 2.14.